The van der Waals surface area contributed by atoms with E-state index in [1.165, 1.54) is 16.7 Å². The summed E-state index contributed by atoms with van der Waals surface area (Å²) in [5.74, 6) is 0.595. The van der Waals surface area contributed by atoms with Crippen LogP contribution < -0.4 is 5.32 Å². The van der Waals surface area contributed by atoms with Crippen molar-refractivity contribution in [3.63, 3.8) is 0 Å². The first-order valence-electron chi connectivity index (χ1n) is 7.43. The highest BCUT2D eigenvalue weighted by atomic mass is 16.3. The van der Waals surface area contributed by atoms with Crippen LogP contribution in [0.4, 0.5) is 0 Å². The highest BCUT2D eigenvalue weighted by Gasteiger charge is 2.12. The number of nitrogens with one attached hydrogen (secondary N) is 1. The standard InChI is InChI=1S/C18H25NO/c1-14(2)19-12-18(11-17-8-9-20-13-17)10-16-6-4-15(3)5-7-16/h4-9,13-14,18-19H,10-12H2,1-3H3. The summed E-state index contributed by atoms with van der Waals surface area (Å²) < 4.78 is 5.19. The second kappa shape index (κ2) is 7.30. The second-order valence-electron chi connectivity index (χ2n) is 5.95. The van der Waals surface area contributed by atoms with Gasteiger partial charge in [-0.25, -0.2) is 0 Å². The van der Waals surface area contributed by atoms with Gasteiger partial charge < -0.3 is 9.73 Å². The molecular formula is C18H25NO. The maximum atomic E-state index is 5.19. The molecule has 0 saturated heterocycles. The van der Waals surface area contributed by atoms with E-state index in [2.05, 4.69) is 56.4 Å². The molecule has 2 rings (SSSR count). The largest absolute Gasteiger partial charge is 0.472 e. The molecular weight excluding hydrogens is 246 g/mol. The first kappa shape index (κ1) is 14.9. The molecule has 20 heavy (non-hydrogen) atoms. The van der Waals surface area contributed by atoms with Gasteiger partial charge in [-0.15, -0.1) is 0 Å². The summed E-state index contributed by atoms with van der Waals surface area (Å²) in [4.78, 5) is 0. The molecule has 1 unspecified atom stereocenters. The Kier molecular flexibility index (Phi) is 5.42. The van der Waals surface area contributed by atoms with Gasteiger partial charge >= 0.3 is 0 Å². The Balaban J connectivity index is 1.99. The van der Waals surface area contributed by atoms with Crippen molar-refractivity contribution in [2.45, 2.75) is 39.7 Å². The molecule has 0 amide bonds. The predicted molar refractivity (Wildman–Crippen MR) is 83.9 cm³/mol. The summed E-state index contributed by atoms with van der Waals surface area (Å²) in [5, 5.41) is 3.56. The minimum absolute atomic E-state index is 0.528. The van der Waals surface area contributed by atoms with Crippen molar-refractivity contribution in [1.29, 1.82) is 0 Å². The zero-order chi connectivity index (χ0) is 14.4. The van der Waals surface area contributed by atoms with Crippen LogP contribution in [-0.4, -0.2) is 12.6 Å². The van der Waals surface area contributed by atoms with Crippen molar-refractivity contribution in [1.82, 2.24) is 5.32 Å². The average molecular weight is 271 g/mol. The molecule has 2 nitrogen and oxygen atoms in total. The maximum Gasteiger partial charge on any atom is 0.0934 e. The van der Waals surface area contributed by atoms with Gasteiger partial charge in [0, 0.05) is 6.04 Å². The number of hydrogen-bond acceptors (Lipinski definition) is 2. The molecule has 1 N–H and O–H groups in total. The van der Waals surface area contributed by atoms with Crippen LogP contribution in [-0.2, 0) is 12.8 Å². The lowest BCUT2D eigenvalue weighted by Crippen LogP contribution is -2.31. The quantitative estimate of drug-likeness (QED) is 0.823. The molecule has 0 radical (unpaired) electrons. The fourth-order valence-electron chi connectivity index (χ4n) is 2.42. The van der Waals surface area contributed by atoms with E-state index in [0.717, 1.165) is 19.4 Å². The topological polar surface area (TPSA) is 25.2 Å². The molecule has 0 aliphatic carbocycles. The molecule has 2 heteroatoms. The number of benzene rings is 1. The molecule has 1 atom stereocenters. The Bertz CT molecular complexity index is 485. The summed E-state index contributed by atoms with van der Waals surface area (Å²) in [6, 6.07) is 11.5. The molecule has 0 bridgehead atoms. The van der Waals surface area contributed by atoms with Crippen molar-refractivity contribution < 1.29 is 4.42 Å². The van der Waals surface area contributed by atoms with Gasteiger partial charge in [0.15, 0.2) is 0 Å². The Morgan fingerprint density at radius 1 is 1.00 bits per heavy atom. The fourth-order valence-corrected chi connectivity index (χ4v) is 2.42. The minimum atomic E-state index is 0.528. The van der Waals surface area contributed by atoms with Gasteiger partial charge in [0.1, 0.15) is 0 Å². The second-order valence-corrected chi connectivity index (χ2v) is 5.95. The van der Waals surface area contributed by atoms with E-state index >= 15 is 0 Å². The smallest absolute Gasteiger partial charge is 0.0934 e. The third kappa shape index (κ3) is 4.86. The van der Waals surface area contributed by atoms with Gasteiger partial charge in [-0.05, 0) is 49.4 Å². The lowest BCUT2D eigenvalue weighted by atomic mass is 9.93. The normalized spacial score (nSPS) is 12.8. The van der Waals surface area contributed by atoms with Gasteiger partial charge in [0.2, 0.25) is 0 Å². The first-order chi connectivity index (χ1) is 9.63. The van der Waals surface area contributed by atoms with E-state index in [4.69, 9.17) is 4.42 Å². The molecule has 1 heterocycles. The molecule has 1 aromatic carbocycles. The van der Waals surface area contributed by atoms with Crippen LogP contribution in [0.25, 0.3) is 0 Å². The number of aryl methyl sites for hydroxylation is 1. The molecule has 108 valence electrons. The first-order valence-corrected chi connectivity index (χ1v) is 7.43. The van der Waals surface area contributed by atoms with Crippen molar-refractivity contribution in [2.24, 2.45) is 5.92 Å². The van der Waals surface area contributed by atoms with Crippen LogP contribution in [0.3, 0.4) is 0 Å². The summed E-state index contributed by atoms with van der Waals surface area (Å²) in [5.41, 5.74) is 4.02. The molecule has 0 aliphatic heterocycles. The van der Waals surface area contributed by atoms with Gasteiger partial charge in [-0.3, -0.25) is 0 Å². The molecule has 0 fully saturated rings. The predicted octanol–water partition coefficient (Wildman–Crippen LogP) is 3.99. The SMILES string of the molecule is Cc1ccc(CC(CNC(C)C)Cc2ccoc2)cc1. The van der Waals surface area contributed by atoms with Gasteiger partial charge in [0.05, 0.1) is 12.5 Å². The number of furan rings is 1. The Morgan fingerprint density at radius 2 is 1.70 bits per heavy atom. The zero-order valence-corrected chi connectivity index (χ0v) is 12.7. The zero-order valence-electron chi connectivity index (χ0n) is 12.7. The Hall–Kier alpha value is -1.54. The minimum Gasteiger partial charge on any atom is -0.472 e. The van der Waals surface area contributed by atoms with Crippen LogP contribution in [0.5, 0.6) is 0 Å². The monoisotopic (exact) mass is 271 g/mol. The van der Waals surface area contributed by atoms with E-state index in [0.29, 0.717) is 12.0 Å². The van der Waals surface area contributed by atoms with Crippen LogP contribution in [0.2, 0.25) is 0 Å². The van der Waals surface area contributed by atoms with E-state index in [-0.39, 0.29) is 0 Å². The molecule has 0 spiro atoms. The summed E-state index contributed by atoms with van der Waals surface area (Å²) in [6.45, 7) is 7.56. The summed E-state index contributed by atoms with van der Waals surface area (Å²) >= 11 is 0. The van der Waals surface area contributed by atoms with Crippen molar-refractivity contribution in [3.8, 4) is 0 Å². The molecule has 0 saturated carbocycles. The number of hydrogen-bond donors (Lipinski definition) is 1. The average Bonchev–Trinajstić information content (AvgIpc) is 2.91. The van der Waals surface area contributed by atoms with E-state index in [1.807, 2.05) is 6.26 Å². The van der Waals surface area contributed by atoms with E-state index in [9.17, 15) is 0 Å². The van der Waals surface area contributed by atoms with Crippen molar-refractivity contribution in [2.75, 3.05) is 6.54 Å². The maximum absolute atomic E-state index is 5.19. The van der Waals surface area contributed by atoms with Gasteiger partial charge in [-0.1, -0.05) is 43.7 Å². The van der Waals surface area contributed by atoms with Gasteiger partial charge in [-0.2, -0.15) is 0 Å². The highest BCUT2D eigenvalue weighted by Crippen LogP contribution is 2.15. The van der Waals surface area contributed by atoms with E-state index < -0.39 is 0 Å². The summed E-state index contributed by atoms with van der Waals surface area (Å²) in [7, 11) is 0. The Morgan fingerprint density at radius 3 is 2.30 bits per heavy atom. The fraction of sp³-hybridized carbons (Fsp3) is 0.444. The highest BCUT2D eigenvalue weighted by molar-refractivity contribution is 5.22. The molecule has 0 aliphatic rings. The van der Waals surface area contributed by atoms with Gasteiger partial charge in [0.25, 0.3) is 0 Å². The van der Waals surface area contributed by atoms with Crippen LogP contribution in [0.15, 0.2) is 47.3 Å². The van der Waals surface area contributed by atoms with Crippen molar-refractivity contribution >= 4 is 0 Å². The molecule has 1 aromatic heterocycles. The molecule has 2 aromatic rings. The lowest BCUT2D eigenvalue weighted by Gasteiger charge is -2.19. The third-order valence-corrected chi connectivity index (χ3v) is 3.56. The van der Waals surface area contributed by atoms with Crippen LogP contribution >= 0.6 is 0 Å². The number of rotatable bonds is 7. The van der Waals surface area contributed by atoms with Crippen LogP contribution in [0, 0.1) is 12.8 Å². The van der Waals surface area contributed by atoms with Crippen molar-refractivity contribution in [3.05, 3.63) is 59.5 Å². The lowest BCUT2D eigenvalue weighted by molar-refractivity contribution is 0.442. The summed E-state index contributed by atoms with van der Waals surface area (Å²) in [6.07, 6.45) is 5.78. The van der Waals surface area contributed by atoms with Crippen LogP contribution in [0.1, 0.15) is 30.5 Å². The van der Waals surface area contributed by atoms with E-state index in [1.54, 1.807) is 6.26 Å². The Labute approximate surface area is 122 Å². The third-order valence-electron chi connectivity index (χ3n) is 3.56.